The van der Waals surface area contributed by atoms with Crippen LogP contribution < -0.4 is 5.32 Å². The molecular formula is C16H14N4OS2. The van der Waals surface area contributed by atoms with Crippen LogP contribution in [0, 0.1) is 0 Å². The summed E-state index contributed by atoms with van der Waals surface area (Å²) in [5.41, 5.74) is 1.76. The molecule has 3 aromatic rings. The summed E-state index contributed by atoms with van der Waals surface area (Å²) in [5, 5.41) is 14.0. The van der Waals surface area contributed by atoms with E-state index in [0.717, 1.165) is 21.2 Å². The molecule has 0 atom stereocenters. The molecule has 1 N–H and O–H groups in total. The lowest BCUT2D eigenvalue weighted by atomic mass is 10.2. The monoisotopic (exact) mass is 342 g/mol. The number of nitrogens with zero attached hydrogens (tertiary/aromatic N) is 3. The van der Waals surface area contributed by atoms with Gasteiger partial charge in [0.25, 0.3) is 0 Å². The van der Waals surface area contributed by atoms with Crippen LogP contribution in [-0.4, -0.2) is 26.8 Å². The molecule has 116 valence electrons. The van der Waals surface area contributed by atoms with Crippen LogP contribution >= 0.6 is 23.1 Å². The zero-order chi connectivity index (χ0) is 15.9. The van der Waals surface area contributed by atoms with Gasteiger partial charge < -0.3 is 5.32 Å². The summed E-state index contributed by atoms with van der Waals surface area (Å²) in [5.74, 6) is 0.317. The highest BCUT2D eigenvalue weighted by molar-refractivity contribution is 7.99. The van der Waals surface area contributed by atoms with E-state index < -0.39 is 0 Å². The Hall–Kier alpha value is -2.25. The molecule has 0 bridgehead atoms. The fraction of sp³-hybridized carbons (Fsp3) is 0.125. The lowest BCUT2D eigenvalue weighted by Crippen LogP contribution is -2.24. The maximum atomic E-state index is 11.8. The minimum absolute atomic E-state index is 0.0107. The average molecular weight is 342 g/mol. The van der Waals surface area contributed by atoms with E-state index in [1.54, 1.807) is 23.7 Å². The number of thioether (sulfide) groups is 1. The van der Waals surface area contributed by atoms with Gasteiger partial charge in [0.2, 0.25) is 5.91 Å². The number of thiophene rings is 1. The fourth-order valence-electron chi connectivity index (χ4n) is 1.86. The Balaban J connectivity index is 1.49. The van der Waals surface area contributed by atoms with Gasteiger partial charge in [-0.15, -0.1) is 21.5 Å². The molecule has 0 aliphatic carbocycles. The first-order valence-corrected chi connectivity index (χ1v) is 8.84. The Kier molecular flexibility index (Phi) is 5.33. The summed E-state index contributed by atoms with van der Waals surface area (Å²) in [7, 11) is 0. The highest BCUT2D eigenvalue weighted by Gasteiger charge is 2.06. The van der Waals surface area contributed by atoms with Crippen molar-refractivity contribution in [1.29, 1.82) is 0 Å². The standard InChI is InChI=1S/C16H14N4OS2/c21-15(18-10-13-2-1-9-22-13)11-23-16-4-3-14(19-20-16)12-5-7-17-8-6-12/h1-9H,10-11H2,(H,18,21). The van der Waals surface area contributed by atoms with Crippen LogP contribution in [0.25, 0.3) is 11.3 Å². The van der Waals surface area contributed by atoms with E-state index in [1.165, 1.54) is 11.8 Å². The third-order valence-electron chi connectivity index (χ3n) is 3.01. The first kappa shape index (κ1) is 15.6. The van der Waals surface area contributed by atoms with Gasteiger partial charge >= 0.3 is 0 Å². The van der Waals surface area contributed by atoms with Crippen LogP contribution in [-0.2, 0) is 11.3 Å². The summed E-state index contributed by atoms with van der Waals surface area (Å²) in [6, 6.07) is 11.5. The van der Waals surface area contributed by atoms with Crippen molar-refractivity contribution in [2.75, 3.05) is 5.75 Å². The predicted molar refractivity (Wildman–Crippen MR) is 92.2 cm³/mol. The molecular weight excluding hydrogens is 328 g/mol. The molecule has 23 heavy (non-hydrogen) atoms. The van der Waals surface area contributed by atoms with Crippen molar-refractivity contribution in [2.45, 2.75) is 11.6 Å². The van der Waals surface area contributed by atoms with Crippen LogP contribution in [0.4, 0.5) is 0 Å². The zero-order valence-corrected chi connectivity index (χ0v) is 13.8. The van der Waals surface area contributed by atoms with E-state index in [0.29, 0.717) is 12.3 Å². The maximum absolute atomic E-state index is 11.8. The number of carbonyl (C=O) groups is 1. The zero-order valence-electron chi connectivity index (χ0n) is 12.2. The smallest absolute Gasteiger partial charge is 0.230 e. The molecule has 0 aliphatic rings. The van der Waals surface area contributed by atoms with E-state index in [2.05, 4.69) is 20.5 Å². The summed E-state index contributed by atoms with van der Waals surface area (Å²) >= 11 is 3.01. The normalized spacial score (nSPS) is 10.4. The van der Waals surface area contributed by atoms with Crippen LogP contribution in [0.1, 0.15) is 4.88 Å². The molecule has 0 aromatic carbocycles. The van der Waals surface area contributed by atoms with E-state index in [4.69, 9.17) is 0 Å². The van der Waals surface area contributed by atoms with Crippen molar-refractivity contribution in [3.8, 4) is 11.3 Å². The molecule has 1 amide bonds. The van der Waals surface area contributed by atoms with Gasteiger partial charge in [0.1, 0.15) is 5.03 Å². The van der Waals surface area contributed by atoms with Gasteiger partial charge in [-0.1, -0.05) is 17.8 Å². The largest absolute Gasteiger partial charge is 0.350 e. The topological polar surface area (TPSA) is 67.8 Å². The van der Waals surface area contributed by atoms with Crippen LogP contribution in [0.3, 0.4) is 0 Å². The van der Waals surface area contributed by atoms with E-state index in [9.17, 15) is 4.79 Å². The van der Waals surface area contributed by atoms with Crippen molar-refractivity contribution in [3.63, 3.8) is 0 Å². The molecule has 0 fully saturated rings. The number of pyridine rings is 1. The molecule has 0 saturated carbocycles. The third kappa shape index (κ3) is 4.61. The number of hydrogen-bond donors (Lipinski definition) is 1. The number of carbonyl (C=O) groups excluding carboxylic acids is 1. The van der Waals surface area contributed by atoms with Crippen molar-refractivity contribution < 1.29 is 4.79 Å². The number of amides is 1. The van der Waals surface area contributed by atoms with E-state index in [-0.39, 0.29) is 5.91 Å². The minimum Gasteiger partial charge on any atom is -0.350 e. The number of nitrogens with one attached hydrogen (secondary N) is 1. The number of aromatic nitrogens is 3. The molecule has 3 aromatic heterocycles. The van der Waals surface area contributed by atoms with Gasteiger partial charge in [0.05, 0.1) is 18.0 Å². The SMILES string of the molecule is O=C(CSc1ccc(-c2ccncc2)nn1)NCc1cccs1. The van der Waals surface area contributed by atoms with E-state index in [1.807, 2.05) is 41.8 Å². The Morgan fingerprint density at radius 2 is 2.00 bits per heavy atom. The summed E-state index contributed by atoms with van der Waals surface area (Å²) < 4.78 is 0. The summed E-state index contributed by atoms with van der Waals surface area (Å²) in [4.78, 5) is 16.9. The Morgan fingerprint density at radius 1 is 1.13 bits per heavy atom. The van der Waals surface area contributed by atoms with Gasteiger partial charge in [-0.3, -0.25) is 9.78 Å². The Bertz CT molecular complexity index is 746. The summed E-state index contributed by atoms with van der Waals surface area (Å²) in [6.45, 7) is 0.573. The quantitative estimate of drug-likeness (QED) is 0.698. The first-order chi connectivity index (χ1) is 11.3. The molecule has 0 saturated heterocycles. The van der Waals surface area contributed by atoms with Crippen molar-refractivity contribution in [3.05, 3.63) is 59.0 Å². The van der Waals surface area contributed by atoms with Crippen molar-refractivity contribution >= 4 is 29.0 Å². The van der Waals surface area contributed by atoms with Gasteiger partial charge in [-0.25, -0.2) is 0 Å². The lowest BCUT2D eigenvalue weighted by Gasteiger charge is -2.04. The van der Waals surface area contributed by atoms with Crippen molar-refractivity contribution in [1.82, 2.24) is 20.5 Å². The minimum atomic E-state index is -0.0107. The fourth-order valence-corrected chi connectivity index (χ4v) is 3.15. The molecule has 3 rings (SSSR count). The van der Waals surface area contributed by atoms with Gasteiger partial charge in [0, 0.05) is 22.8 Å². The second-order valence-electron chi connectivity index (χ2n) is 4.64. The lowest BCUT2D eigenvalue weighted by molar-refractivity contribution is -0.118. The maximum Gasteiger partial charge on any atom is 0.230 e. The molecule has 0 spiro atoms. The Morgan fingerprint density at radius 3 is 2.70 bits per heavy atom. The first-order valence-electron chi connectivity index (χ1n) is 6.97. The van der Waals surface area contributed by atoms with Gasteiger partial charge in [-0.2, -0.15) is 0 Å². The molecule has 0 radical (unpaired) electrons. The molecule has 0 aliphatic heterocycles. The highest BCUT2D eigenvalue weighted by Crippen LogP contribution is 2.19. The Labute approximate surface area is 142 Å². The van der Waals surface area contributed by atoms with Crippen LogP contribution in [0.2, 0.25) is 0 Å². The van der Waals surface area contributed by atoms with Crippen LogP contribution in [0.15, 0.2) is 59.2 Å². The second kappa shape index (κ2) is 7.85. The van der Waals surface area contributed by atoms with Gasteiger partial charge in [-0.05, 0) is 35.7 Å². The number of hydrogen-bond acceptors (Lipinski definition) is 6. The molecule has 7 heteroatoms. The predicted octanol–water partition coefficient (Wildman–Crippen LogP) is 3.01. The highest BCUT2D eigenvalue weighted by atomic mass is 32.2. The summed E-state index contributed by atoms with van der Waals surface area (Å²) in [6.07, 6.45) is 3.44. The van der Waals surface area contributed by atoms with Crippen molar-refractivity contribution in [2.24, 2.45) is 0 Å². The molecule has 5 nitrogen and oxygen atoms in total. The van der Waals surface area contributed by atoms with E-state index >= 15 is 0 Å². The average Bonchev–Trinajstić information content (AvgIpc) is 3.13. The molecule has 3 heterocycles. The third-order valence-corrected chi connectivity index (χ3v) is 4.80. The molecule has 0 unspecified atom stereocenters. The van der Waals surface area contributed by atoms with Crippen LogP contribution in [0.5, 0.6) is 0 Å². The van der Waals surface area contributed by atoms with Gasteiger partial charge in [0.15, 0.2) is 0 Å². The number of rotatable bonds is 6. The second-order valence-corrected chi connectivity index (χ2v) is 6.67.